The van der Waals surface area contributed by atoms with Gasteiger partial charge in [-0.3, -0.25) is 4.79 Å². The smallest absolute Gasteiger partial charge is 0.310 e. The maximum absolute atomic E-state index is 11.7. The molecule has 0 aromatic rings. The van der Waals surface area contributed by atoms with E-state index >= 15 is 0 Å². The van der Waals surface area contributed by atoms with E-state index in [0.717, 1.165) is 12.8 Å². The van der Waals surface area contributed by atoms with Crippen LogP contribution in [0.15, 0.2) is 0 Å². The topological polar surface area (TPSA) is 70.8 Å². The Kier molecular flexibility index (Phi) is 5.37. The lowest BCUT2D eigenvalue weighted by Gasteiger charge is -2.38. The molecule has 6 heteroatoms. The van der Waals surface area contributed by atoms with Crippen LogP contribution in [0, 0.1) is 5.92 Å². The lowest BCUT2D eigenvalue weighted by Crippen LogP contribution is -2.49. The Morgan fingerprint density at radius 2 is 2.12 bits per heavy atom. The molecule has 2 rings (SSSR count). The van der Waals surface area contributed by atoms with Gasteiger partial charge in [-0.25, -0.2) is 0 Å². The summed E-state index contributed by atoms with van der Waals surface area (Å²) in [6, 6.07) is -0.141. The van der Waals surface area contributed by atoms with E-state index in [-0.39, 0.29) is 34.9 Å². The molecule has 2 N–H and O–H groups in total. The van der Waals surface area contributed by atoms with Crippen molar-refractivity contribution in [1.82, 2.24) is 0 Å². The van der Waals surface area contributed by atoms with E-state index in [4.69, 9.17) is 19.9 Å². The van der Waals surface area contributed by atoms with Crippen molar-refractivity contribution in [1.29, 1.82) is 0 Å². The number of halogens is 1. The van der Waals surface area contributed by atoms with Gasteiger partial charge in [-0.15, -0.1) is 17.0 Å². The third kappa shape index (κ3) is 3.19. The zero-order valence-corrected chi connectivity index (χ0v) is 11.7. The minimum Gasteiger partial charge on any atom is -0.466 e. The average Bonchev–Trinajstić information content (AvgIpc) is 2.71. The van der Waals surface area contributed by atoms with Crippen molar-refractivity contribution >= 4 is 23.0 Å². The second kappa shape index (κ2) is 6.13. The van der Waals surface area contributed by atoms with Gasteiger partial charge in [-0.05, 0) is 13.3 Å². The molecule has 5 nitrogen and oxygen atoms in total. The van der Waals surface area contributed by atoms with Crippen LogP contribution < -0.4 is 5.73 Å². The predicted molar refractivity (Wildman–Crippen MR) is 66.9 cm³/mol. The largest absolute Gasteiger partial charge is 0.466 e. The molecular formula is C11H20BrNO4. The summed E-state index contributed by atoms with van der Waals surface area (Å²) < 4.78 is 16.2. The van der Waals surface area contributed by atoms with Gasteiger partial charge < -0.3 is 19.9 Å². The third-order valence-corrected chi connectivity index (χ3v) is 3.31. The number of esters is 1. The Labute approximate surface area is 112 Å². The van der Waals surface area contributed by atoms with E-state index < -0.39 is 5.79 Å². The van der Waals surface area contributed by atoms with Crippen LogP contribution in [0.4, 0.5) is 0 Å². The Morgan fingerprint density at radius 3 is 2.71 bits per heavy atom. The first-order valence-electron chi connectivity index (χ1n) is 5.87. The molecule has 1 spiro atoms. The number of carbonyl (C=O) groups excluding carboxylic acids is 1. The second-order valence-electron chi connectivity index (χ2n) is 4.37. The lowest BCUT2D eigenvalue weighted by molar-refractivity contribution is -0.197. The molecule has 0 aromatic heterocycles. The summed E-state index contributed by atoms with van der Waals surface area (Å²) in [5, 5.41) is 0. The molecule has 0 amide bonds. The molecule has 17 heavy (non-hydrogen) atoms. The number of ether oxygens (including phenoxy) is 3. The van der Waals surface area contributed by atoms with Crippen molar-refractivity contribution in [3.8, 4) is 0 Å². The van der Waals surface area contributed by atoms with Gasteiger partial charge in [-0.1, -0.05) is 0 Å². The highest BCUT2D eigenvalue weighted by Gasteiger charge is 2.47. The number of hydrogen-bond acceptors (Lipinski definition) is 5. The molecule has 2 atom stereocenters. The number of nitrogens with two attached hydrogens (primary N) is 1. The molecule has 1 saturated heterocycles. The van der Waals surface area contributed by atoms with Crippen LogP contribution in [0.5, 0.6) is 0 Å². The molecule has 100 valence electrons. The van der Waals surface area contributed by atoms with Gasteiger partial charge >= 0.3 is 5.97 Å². The molecule has 1 aliphatic carbocycles. The van der Waals surface area contributed by atoms with E-state index in [1.807, 2.05) is 0 Å². The lowest BCUT2D eigenvalue weighted by atomic mass is 9.81. The van der Waals surface area contributed by atoms with Crippen LogP contribution in [0.25, 0.3) is 0 Å². The van der Waals surface area contributed by atoms with Gasteiger partial charge in [0.1, 0.15) is 0 Å². The number of carbonyl (C=O) groups is 1. The highest BCUT2D eigenvalue weighted by Crippen LogP contribution is 2.38. The van der Waals surface area contributed by atoms with Gasteiger partial charge in [0.25, 0.3) is 0 Å². The predicted octanol–water partition coefficient (Wildman–Crippen LogP) is 0.998. The summed E-state index contributed by atoms with van der Waals surface area (Å²) in [7, 11) is 0. The molecule has 0 unspecified atom stereocenters. The Morgan fingerprint density at radius 1 is 1.47 bits per heavy atom. The standard InChI is InChI=1S/C11H19NO4.BrH/c1-2-14-10(13)8-7-11(4-3-9(8)12)15-5-6-16-11;/h8-9H,2-7,12H2,1H3;1H/t8-,9+;/m0./s1. The zero-order chi connectivity index (χ0) is 11.6. The third-order valence-electron chi connectivity index (χ3n) is 3.31. The van der Waals surface area contributed by atoms with Gasteiger partial charge in [-0.2, -0.15) is 0 Å². The van der Waals surface area contributed by atoms with Crippen LogP contribution in [-0.4, -0.2) is 37.6 Å². The summed E-state index contributed by atoms with van der Waals surface area (Å²) in [5.41, 5.74) is 5.95. The molecular weight excluding hydrogens is 290 g/mol. The van der Waals surface area contributed by atoms with Crippen molar-refractivity contribution in [2.45, 2.75) is 38.0 Å². The maximum atomic E-state index is 11.7. The first kappa shape index (κ1) is 14.9. The molecule has 2 fully saturated rings. The molecule has 0 aromatic carbocycles. The minimum absolute atomic E-state index is 0. The SMILES string of the molecule is Br.CCOC(=O)[C@H]1CC2(CC[C@H]1N)OCCO2. The minimum atomic E-state index is -0.576. The van der Waals surface area contributed by atoms with Crippen molar-refractivity contribution in [3.05, 3.63) is 0 Å². The molecule has 2 aliphatic rings. The van der Waals surface area contributed by atoms with Gasteiger partial charge in [0.2, 0.25) is 0 Å². The molecule has 0 bridgehead atoms. The fourth-order valence-electron chi connectivity index (χ4n) is 2.44. The first-order valence-corrected chi connectivity index (χ1v) is 5.87. The first-order chi connectivity index (χ1) is 7.67. The van der Waals surface area contributed by atoms with Crippen molar-refractivity contribution in [2.24, 2.45) is 11.7 Å². The molecule has 0 radical (unpaired) electrons. The summed E-state index contributed by atoms with van der Waals surface area (Å²) in [6.07, 6.45) is 2.03. The number of hydrogen-bond donors (Lipinski definition) is 1. The van der Waals surface area contributed by atoms with E-state index in [0.29, 0.717) is 26.2 Å². The summed E-state index contributed by atoms with van der Waals surface area (Å²) in [4.78, 5) is 11.7. The van der Waals surface area contributed by atoms with E-state index in [2.05, 4.69) is 0 Å². The fraction of sp³-hybridized carbons (Fsp3) is 0.909. The van der Waals surface area contributed by atoms with Crippen LogP contribution in [0.3, 0.4) is 0 Å². The monoisotopic (exact) mass is 309 g/mol. The van der Waals surface area contributed by atoms with Crippen LogP contribution in [-0.2, 0) is 19.0 Å². The van der Waals surface area contributed by atoms with E-state index in [9.17, 15) is 4.79 Å². The Bertz CT molecular complexity index is 268. The molecule has 1 saturated carbocycles. The second-order valence-corrected chi connectivity index (χ2v) is 4.37. The Balaban J connectivity index is 0.00000144. The number of rotatable bonds is 2. The summed E-state index contributed by atoms with van der Waals surface area (Å²) >= 11 is 0. The van der Waals surface area contributed by atoms with Crippen LogP contribution in [0.2, 0.25) is 0 Å². The van der Waals surface area contributed by atoms with Crippen LogP contribution >= 0.6 is 17.0 Å². The van der Waals surface area contributed by atoms with E-state index in [1.54, 1.807) is 6.92 Å². The molecule has 1 aliphatic heterocycles. The average molecular weight is 310 g/mol. The highest BCUT2D eigenvalue weighted by molar-refractivity contribution is 8.93. The summed E-state index contributed by atoms with van der Waals surface area (Å²) in [5.74, 6) is -1.10. The quantitative estimate of drug-likeness (QED) is 0.771. The van der Waals surface area contributed by atoms with Gasteiger partial charge in [0.05, 0.1) is 25.7 Å². The highest BCUT2D eigenvalue weighted by atomic mass is 79.9. The zero-order valence-electron chi connectivity index (χ0n) is 10.0. The molecule has 1 heterocycles. The summed E-state index contributed by atoms with van der Waals surface area (Å²) in [6.45, 7) is 3.39. The van der Waals surface area contributed by atoms with Crippen molar-refractivity contribution in [3.63, 3.8) is 0 Å². The van der Waals surface area contributed by atoms with Crippen molar-refractivity contribution < 1.29 is 19.0 Å². The van der Waals surface area contributed by atoms with Gasteiger partial charge in [0.15, 0.2) is 5.79 Å². The van der Waals surface area contributed by atoms with Crippen LogP contribution in [0.1, 0.15) is 26.2 Å². The van der Waals surface area contributed by atoms with E-state index in [1.165, 1.54) is 0 Å². The fourth-order valence-corrected chi connectivity index (χ4v) is 2.44. The maximum Gasteiger partial charge on any atom is 0.310 e. The van der Waals surface area contributed by atoms with Crippen molar-refractivity contribution in [2.75, 3.05) is 19.8 Å². The normalized spacial score (nSPS) is 30.9. The Hall–Kier alpha value is -0.170. The van der Waals surface area contributed by atoms with Gasteiger partial charge in [0, 0.05) is 18.9 Å².